The third-order valence-corrected chi connectivity index (χ3v) is 5.72. The zero-order chi connectivity index (χ0) is 22.7. The fourth-order valence-corrected chi connectivity index (χ4v) is 3.84. The minimum absolute atomic E-state index is 0.0786. The topological polar surface area (TPSA) is 121 Å². The van der Waals surface area contributed by atoms with E-state index in [9.17, 15) is 14.4 Å². The number of benzene rings is 1. The molecule has 0 bridgehead atoms. The van der Waals surface area contributed by atoms with Crippen molar-refractivity contribution in [2.45, 2.75) is 33.1 Å². The minimum atomic E-state index is -0.828. The van der Waals surface area contributed by atoms with Crippen molar-refractivity contribution >= 4 is 33.9 Å². The lowest BCUT2D eigenvalue weighted by Crippen LogP contribution is -2.30. The van der Waals surface area contributed by atoms with E-state index in [1.807, 2.05) is 13.0 Å². The van der Waals surface area contributed by atoms with Gasteiger partial charge in [0.25, 0.3) is 5.91 Å². The average Bonchev–Trinajstić information content (AvgIpc) is 3.55. The van der Waals surface area contributed by atoms with Crippen molar-refractivity contribution in [1.29, 1.82) is 0 Å². The van der Waals surface area contributed by atoms with Crippen LogP contribution in [0.5, 0.6) is 5.88 Å². The van der Waals surface area contributed by atoms with E-state index >= 15 is 0 Å². The maximum absolute atomic E-state index is 12.6. The van der Waals surface area contributed by atoms with Crippen LogP contribution in [0.2, 0.25) is 0 Å². The number of methoxy groups -OCH3 is 1. The number of nitrogens with zero attached hydrogens (tertiary/aromatic N) is 1. The fourth-order valence-electron chi connectivity index (χ4n) is 3.35. The summed E-state index contributed by atoms with van der Waals surface area (Å²) >= 11 is 3.40. The molecule has 2 aromatic rings. The monoisotopic (exact) mass is 489 g/mol. The molecular formula is C22H24BrN3O5. The lowest BCUT2D eigenvalue weighted by Gasteiger charge is -2.19. The summed E-state index contributed by atoms with van der Waals surface area (Å²) in [6.45, 7) is 4.13. The lowest BCUT2D eigenvalue weighted by molar-refractivity contribution is 0.0600. The predicted octanol–water partition coefficient (Wildman–Crippen LogP) is 3.77. The summed E-state index contributed by atoms with van der Waals surface area (Å²) in [7, 11) is 1.28. The SMILES string of the molecule is CCc1ccc(Br)c(C(=O)OC)c1-c1cc(C)nc(OC(=O)NCC2CC2)c1C(N)=O. The van der Waals surface area contributed by atoms with Crippen LogP contribution in [0, 0.1) is 12.8 Å². The van der Waals surface area contributed by atoms with Crippen LogP contribution in [0.15, 0.2) is 22.7 Å². The fraction of sp³-hybridized carbons (Fsp3) is 0.364. The van der Waals surface area contributed by atoms with E-state index in [1.54, 1.807) is 19.1 Å². The highest BCUT2D eigenvalue weighted by Gasteiger charge is 2.28. The Morgan fingerprint density at radius 3 is 2.55 bits per heavy atom. The molecule has 31 heavy (non-hydrogen) atoms. The first kappa shape index (κ1) is 22.7. The highest BCUT2D eigenvalue weighted by atomic mass is 79.9. The van der Waals surface area contributed by atoms with E-state index in [0.29, 0.717) is 40.2 Å². The number of halogens is 1. The Bertz CT molecular complexity index is 1050. The normalized spacial score (nSPS) is 12.9. The van der Waals surface area contributed by atoms with Crippen molar-refractivity contribution in [1.82, 2.24) is 10.3 Å². The Labute approximate surface area is 188 Å². The van der Waals surface area contributed by atoms with Gasteiger partial charge >= 0.3 is 12.1 Å². The third kappa shape index (κ3) is 5.04. The summed E-state index contributed by atoms with van der Waals surface area (Å²) in [5, 5.41) is 2.67. The van der Waals surface area contributed by atoms with Gasteiger partial charge in [-0.1, -0.05) is 13.0 Å². The predicted molar refractivity (Wildman–Crippen MR) is 118 cm³/mol. The number of rotatable bonds is 7. The van der Waals surface area contributed by atoms with Gasteiger partial charge in [-0.25, -0.2) is 14.6 Å². The van der Waals surface area contributed by atoms with Crippen LogP contribution in [0.3, 0.4) is 0 Å². The number of aryl methyl sites for hydroxylation is 2. The standard InChI is InChI=1S/C22H24BrN3O5/c1-4-13-7-8-15(23)18(21(28)30-3)16(13)14-9-11(2)26-20(17(14)19(24)27)31-22(29)25-10-12-5-6-12/h7-9,12H,4-6,10H2,1-3H3,(H2,24,27)(H,25,29). The maximum Gasteiger partial charge on any atom is 0.413 e. The molecule has 9 heteroatoms. The van der Waals surface area contributed by atoms with E-state index in [4.69, 9.17) is 15.2 Å². The molecule has 1 aromatic heterocycles. The second kappa shape index (κ2) is 9.47. The van der Waals surface area contributed by atoms with Gasteiger partial charge in [0, 0.05) is 27.8 Å². The van der Waals surface area contributed by atoms with E-state index in [1.165, 1.54) is 7.11 Å². The van der Waals surface area contributed by atoms with Crippen LogP contribution in [0.1, 0.15) is 51.7 Å². The molecule has 3 rings (SSSR count). The first-order valence-corrected chi connectivity index (χ1v) is 10.7. The molecule has 0 saturated heterocycles. The smallest absolute Gasteiger partial charge is 0.413 e. The van der Waals surface area contributed by atoms with Gasteiger partial charge in [-0.3, -0.25) is 4.79 Å². The number of ether oxygens (including phenoxy) is 2. The Morgan fingerprint density at radius 1 is 1.26 bits per heavy atom. The number of aromatic nitrogens is 1. The van der Waals surface area contributed by atoms with Gasteiger partial charge in [-0.15, -0.1) is 0 Å². The van der Waals surface area contributed by atoms with Gasteiger partial charge in [0.05, 0.1) is 12.7 Å². The van der Waals surface area contributed by atoms with Crippen LogP contribution in [0.4, 0.5) is 4.79 Å². The number of carbonyl (C=O) groups excluding carboxylic acids is 3. The number of hydrogen-bond donors (Lipinski definition) is 2. The average molecular weight is 490 g/mol. The van der Waals surface area contributed by atoms with Gasteiger partial charge in [-0.05, 0) is 65.7 Å². The Hall–Kier alpha value is -2.94. The van der Waals surface area contributed by atoms with Crippen molar-refractivity contribution in [3.8, 4) is 17.0 Å². The number of nitrogens with one attached hydrogen (secondary N) is 1. The molecule has 0 unspecified atom stereocenters. The zero-order valence-electron chi connectivity index (χ0n) is 17.6. The van der Waals surface area contributed by atoms with E-state index in [2.05, 4.69) is 26.2 Å². The molecular weight excluding hydrogens is 466 g/mol. The molecule has 2 amide bonds. The summed E-state index contributed by atoms with van der Waals surface area (Å²) in [5.41, 5.74) is 7.96. The van der Waals surface area contributed by atoms with E-state index in [0.717, 1.165) is 18.4 Å². The molecule has 3 N–H and O–H groups in total. The lowest BCUT2D eigenvalue weighted by atomic mass is 9.90. The second-order valence-electron chi connectivity index (χ2n) is 7.37. The summed E-state index contributed by atoms with van der Waals surface area (Å²) < 4.78 is 10.8. The first-order valence-electron chi connectivity index (χ1n) is 9.93. The van der Waals surface area contributed by atoms with Crippen LogP contribution in [0.25, 0.3) is 11.1 Å². The van der Waals surface area contributed by atoms with Crippen molar-refractivity contribution < 1.29 is 23.9 Å². The quantitative estimate of drug-likeness (QED) is 0.571. The van der Waals surface area contributed by atoms with Gasteiger partial charge in [0.15, 0.2) is 0 Å². The molecule has 0 spiro atoms. The Balaban J connectivity index is 2.18. The molecule has 164 valence electrons. The summed E-state index contributed by atoms with van der Waals surface area (Å²) in [6, 6.07) is 5.23. The molecule has 0 radical (unpaired) electrons. The van der Waals surface area contributed by atoms with Crippen molar-refractivity contribution in [3.05, 3.63) is 45.1 Å². The summed E-state index contributed by atoms with van der Waals surface area (Å²) in [6.07, 6.45) is 2.00. The van der Waals surface area contributed by atoms with E-state index in [-0.39, 0.29) is 17.0 Å². The zero-order valence-corrected chi connectivity index (χ0v) is 19.2. The van der Waals surface area contributed by atoms with Gasteiger partial charge in [0.2, 0.25) is 5.88 Å². The van der Waals surface area contributed by atoms with E-state index < -0.39 is 18.0 Å². The van der Waals surface area contributed by atoms with Gasteiger partial charge in [0.1, 0.15) is 5.56 Å². The van der Waals surface area contributed by atoms with Crippen LogP contribution in [-0.4, -0.2) is 36.6 Å². The molecule has 1 saturated carbocycles. The van der Waals surface area contributed by atoms with Crippen LogP contribution < -0.4 is 15.8 Å². The van der Waals surface area contributed by atoms with Crippen LogP contribution in [-0.2, 0) is 11.2 Å². The summed E-state index contributed by atoms with van der Waals surface area (Å²) in [4.78, 5) is 41.6. The summed E-state index contributed by atoms with van der Waals surface area (Å²) in [5.74, 6) is -1.15. The molecule has 8 nitrogen and oxygen atoms in total. The van der Waals surface area contributed by atoms with Crippen molar-refractivity contribution in [2.24, 2.45) is 11.7 Å². The molecule has 1 aromatic carbocycles. The third-order valence-electron chi connectivity index (χ3n) is 5.06. The van der Waals surface area contributed by atoms with Crippen molar-refractivity contribution in [2.75, 3.05) is 13.7 Å². The molecule has 0 aliphatic heterocycles. The largest absolute Gasteiger partial charge is 0.465 e. The minimum Gasteiger partial charge on any atom is -0.465 e. The van der Waals surface area contributed by atoms with Gasteiger partial charge < -0.3 is 20.5 Å². The van der Waals surface area contributed by atoms with Crippen molar-refractivity contribution in [3.63, 3.8) is 0 Å². The number of hydrogen-bond acceptors (Lipinski definition) is 6. The second-order valence-corrected chi connectivity index (χ2v) is 8.23. The maximum atomic E-state index is 12.6. The highest BCUT2D eigenvalue weighted by molar-refractivity contribution is 9.10. The molecule has 1 aliphatic rings. The number of esters is 1. The molecule has 1 aliphatic carbocycles. The number of carbonyl (C=O) groups is 3. The van der Waals surface area contributed by atoms with Crippen LogP contribution >= 0.6 is 15.9 Å². The molecule has 1 fully saturated rings. The first-order chi connectivity index (χ1) is 14.8. The van der Waals surface area contributed by atoms with Gasteiger partial charge in [-0.2, -0.15) is 0 Å². The number of nitrogens with two attached hydrogens (primary N) is 1. The Kier molecular flexibility index (Phi) is 6.94. The molecule has 1 heterocycles. The number of amides is 2. The highest BCUT2D eigenvalue weighted by Crippen LogP contribution is 2.38. The number of primary amides is 1. The Morgan fingerprint density at radius 2 is 1.97 bits per heavy atom. The number of pyridine rings is 1. The molecule has 0 atom stereocenters.